The smallest absolute Gasteiger partial charge is 0.151 e. The molecular weight excluding hydrogens is 252 g/mol. The van der Waals surface area contributed by atoms with Crippen LogP contribution in [0.2, 0.25) is 0 Å². The monoisotopic (exact) mass is 272 g/mol. The predicted molar refractivity (Wildman–Crippen MR) is 77.6 cm³/mol. The van der Waals surface area contributed by atoms with E-state index in [0.29, 0.717) is 6.04 Å². The first kappa shape index (κ1) is 13.1. The molecule has 1 unspecified atom stereocenters. The van der Waals surface area contributed by atoms with Crippen LogP contribution in [0.25, 0.3) is 0 Å². The number of nitrogens with zero attached hydrogens (tertiary/aromatic N) is 3. The summed E-state index contributed by atoms with van der Waals surface area (Å²) in [5.41, 5.74) is 0. The minimum atomic E-state index is 0.489. The molecule has 1 atom stereocenters. The van der Waals surface area contributed by atoms with Gasteiger partial charge in [0.2, 0.25) is 0 Å². The maximum absolute atomic E-state index is 5.56. The second-order valence-corrected chi connectivity index (χ2v) is 5.21. The van der Waals surface area contributed by atoms with Gasteiger partial charge in [-0.05, 0) is 44.0 Å². The van der Waals surface area contributed by atoms with Crippen LogP contribution in [-0.4, -0.2) is 29.3 Å². The SMILES string of the molecule is Cc1ccc(CNCC2CCCN2c2cccnn2)o1. The molecule has 1 aliphatic rings. The minimum absolute atomic E-state index is 0.489. The molecule has 1 N–H and O–H groups in total. The first-order valence-corrected chi connectivity index (χ1v) is 7.13. The standard InChI is InChI=1S/C15H20N4O/c1-12-6-7-14(20-12)11-16-10-13-4-3-9-19(13)15-5-2-8-17-18-15/h2,5-8,13,16H,3-4,9-11H2,1H3. The maximum Gasteiger partial charge on any atom is 0.151 e. The van der Waals surface area contributed by atoms with Crippen LogP contribution in [0.5, 0.6) is 0 Å². The van der Waals surface area contributed by atoms with Crippen LogP contribution in [0.15, 0.2) is 34.9 Å². The summed E-state index contributed by atoms with van der Waals surface area (Å²) in [7, 11) is 0. The topological polar surface area (TPSA) is 54.2 Å². The molecule has 2 aromatic rings. The van der Waals surface area contributed by atoms with E-state index >= 15 is 0 Å². The largest absolute Gasteiger partial charge is 0.465 e. The molecule has 20 heavy (non-hydrogen) atoms. The van der Waals surface area contributed by atoms with Gasteiger partial charge in [-0.1, -0.05) is 0 Å². The van der Waals surface area contributed by atoms with Gasteiger partial charge >= 0.3 is 0 Å². The Morgan fingerprint density at radius 1 is 1.40 bits per heavy atom. The number of hydrogen-bond acceptors (Lipinski definition) is 5. The average Bonchev–Trinajstić information content (AvgIpc) is 3.09. The summed E-state index contributed by atoms with van der Waals surface area (Å²) in [6.45, 7) is 4.75. The number of aromatic nitrogens is 2. The second-order valence-electron chi connectivity index (χ2n) is 5.21. The molecule has 3 heterocycles. The molecule has 0 bridgehead atoms. The number of nitrogens with one attached hydrogen (secondary N) is 1. The van der Waals surface area contributed by atoms with Gasteiger partial charge in [-0.25, -0.2) is 0 Å². The van der Waals surface area contributed by atoms with Crippen LogP contribution >= 0.6 is 0 Å². The van der Waals surface area contributed by atoms with Crippen molar-refractivity contribution in [1.29, 1.82) is 0 Å². The lowest BCUT2D eigenvalue weighted by molar-refractivity contribution is 0.453. The summed E-state index contributed by atoms with van der Waals surface area (Å²) >= 11 is 0. The molecule has 3 rings (SSSR count). The zero-order valence-corrected chi connectivity index (χ0v) is 11.7. The minimum Gasteiger partial charge on any atom is -0.465 e. The molecule has 1 saturated heterocycles. The van der Waals surface area contributed by atoms with Gasteiger partial charge in [0.15, 0.2) is 5.82 Å². The molecule has 106 valence electrons. The Morgan fingerprint density at radius 2 is 2.35 bits per heavy atom. The molecular formula is C15H20N4O. The summed E-state index contributed by atoms with van der Waals surface area (Å²) in [6, 6.07) is 8.48. The lowest BCUT2D eigenvalue weighted by Gasteiger charge is -2.25. The normalized spacial score (nSPS) is 18.6. The highest BCUT2D eigenvalue weighted by Gasteiger charge is 2.25. The molecule has 2 aromatic heterocycles. The van der Waals surface area contributed by atoms with Crippen molar-refractivity contribution in [1.82, 2.24) is 15.5 Å². The predicted octanol–water partition coefficient (Wildman–Crippen LogP) is 2.14. The van der Waals surface area contributed by atoms with E-state index in [4.69, 9.17) is 4.42 Å². The summed E-state index contributed by atoms with van der Waals surface area (Å²) in [5.74, 6) is 2.93. The van der Waals surface area contributed by atoms with Crippen molar-refractivity contribution in [2.75, 3.05) is 18.0 Å². The lowest BCUT2D eigenvalue weighted by Crippen LogP contribution is -2.38. The van der Waals surface area contributed by atoms with E-state index in [1.54, 1.807) is 6.20 Å². The number of furan rings is 1. The fourth-order valence-corrected chi connectivity index (χ4v) is 2.74. The Hall–Kier alpha value is -1.88. The molecule has 1 aliphatic heterocycles. The Kier molecular flexibility index (Phi) is 3.97. The van der Waals surface area contributed by atoms with Crippen LogP contribution < -0.4 is 10.2 Å². The van der Waals surface area contributed by atoms with E-state index < -0.39 is 0 Å². The van der Waals surface area contributed by atoms with Crippen LogP contribution in [0, 0.1) is 6.92 Å². The third-order valence-corrected chi connectivity index (χ3v) is 3.70. The number of aryl methyl sites for hydroxylation is 1. The summed E-state index contributed by atoms with van der Waals surface area (Å²) in [6.07, 6.45) is 4.12. The van der Waals surface area contributed by atoms with Crippen LogP contribution in [0.4, 0.5) is 5.82 Å². The number of anilines is 1. The fourth-order valence-electron chi connectivity index (χ4n) is 2.74. The third kappa shape index (κ3) is 2.99. The van der Waals surface area contributed by atoms with Crippen molar-refractivity contribution in [3.8, 4) is 0 Å². The van der Waals surface area contributed by atoms with Gasteiger partial charge in [0.25, 0.3) is 0 Å². The Bertz CT molecular complexity index is 540. The Morgan fingerprint density at radius 3 is 3.10 bits per heavy atom. The Balaban J connectivity index is 1.54. The zero-order chi connectivity index (χ0) is 13.8. The molecule has 0 amide bonds. The van der Waals surface area contributed by atoms with E-state index in [0.717, 1.165) is 37.0 Å². The summed E-state index contributed by atoms with van der Waals surface area (Å²) < 4.78 is 5.56. The molecule has 0 saturated carbocycles. The van der Waals surface area contributed by atoms with E-state index in [1.807, 2.05) is 31.2 Å². The number of hydrogen-bond donors (Lipinski definition) is 1. The van der Waals surface area contributed by atoms with Gasteiger partial charge in [-0.3, -0.25) is 0 Å². The number of rotatable bonds is 5. The van der Waals surface area contributed by atoms with Gasteiger partial charge in [-0.2, -0.15) is 5.10 Å². The first-order chi connectivity index (χ1) is 9.83. The summed E-state index contributed by atoms with van der Waals surface area (Å²) in [4.78, 5) is 2.34. The second kappa shape index (κ2) is 6.05. The van der Waals surface area contributed by atoms with Gasteiger partial charge in [0.05, 0.1) is 6.54 Å². The average molecular weight is 272 g/mol. The fraction of sp³-hybridized carbons (Fsp3) is 0.467. The molecule has 0 aromatic carbocycles. The third-order valence-electron chi connectivity index (χ3n) is 3.70. The molecule has 0 spiro atoms. The van der Waals surface area contributed by atoms with Gasteiger partial charge in [0, 0.05) is 25.3 Å². The van der Waals surface area contributed by atoms with Crippen molar-refractivity contribution in [3.05, 3.63) is 42.0 Å². The highest BCUT2D eigenvalue weighted by molar-refractivity contribution is 5.39. The van der Waals surface area contributed by atoms with Crippen molar-refractivity contribution in [3.63, 3.8) is 0 Å². The Labute approximate surface area is 119 Å². The zero-order valence-electron chi connectivity index (χ0n) is 11.7. The highest BCUT2D eigenvalue weighted by atomic mass is 16.3. The van der Waals surface area contributed by atoms with Crippen molar-refractivity contribution >= 4 is 5.82 Å². The van der Waals surface area contributed by atoms with Crippen molar-refractivity contribution in [2.24, 2.45) is 0 Å². The highest BCUT2D eigenvalue weighted by Crippen LogP contribution is 2.22. The molecule has 0 aliphatic carbocycles. The van der Waals surface area contributed by atoms with Crippen LogP contribution in [-0.2, 0) is 6.54 Å². The molecule has 0 radical (unpaired) electrons. The van der Waals surface area contributed by atoms with Crippen LogP contribution in [0.1, 0.15) is 24.4 Å². The molecule has 5 heteroatoms. The first-order valence-electron chi connectivity index (χ1n) is 7.13. The van der Waals surface area contributed by atoms with Gasteiger partial charge in [0.1, 0.15) is 11.5 Å². The lowest BCUT2D eigenvalue weighted by atomic mass is 10.2. The van der Waals surface area contributed by atoms with Crippen LogP contribution in [0.3, 0.4) is 0 Å². The van der Waals surface area contributed by atoms with Gasteiger partial charge < -0.3 is 14.6 Å². The van der Waals surface area contributed by atoms with Gasteiger partial charge in [-0.15, -0.1) is 5.10 Å². The molecule has 5 nitrogen and oxygen atoms in total. The summed E-state index contributed by atoms with van der Waals surface area (Å²) in [5, 5.41) is 11.7. The maximum atomic E-state index is 5.56. The van der Waals surface area contributed by atoms with Crippen molar-refractivity contribution in [2.45, 2.75) is 32.4 Å². The van der Waals surface area contributed by atoms with E-state index in [2.05, 4.69) is 20.4 Å². The van der Waals surface area contributed by atoms with Crippen molar-refractivity contribution < 1.29 is 4.42 Å². The quantitative estimate of drug-likeness (QED) is 0.903. The van der Waals surface area contributed by atoms with E-state index in [1.165, 1.54) is 12.8 Å². The molecule has 1 fully saturated rings. The van der Waals surface area contributed by atoms with E-state index in [9.17, 15) is 0 Å². The van der Waals surface area contributed by atoms with E-state index in [-0.39, 0.29) is 0 Å².